The first-order valence-corrected chi connectivity index (χ1v) is 6.60. The summed E-state index contributed by atoms with van der Waals surface area (Å²) in [5.41, 5.74) is 6.66. The van der Waals surface area contributed by atoms with Crippen molar-refractivity contribution in [3.8, 4) is 11.1 Å². The number of carbonyl (C=O) groups is 1. The average molecular weight is 394 g/mol. The number of hydrogen-bond acceptors (Lipinski definition) is 3. The zero-order chi connectivity index (χ0) is 13.3. The van der Waals surface area contributed by atoms with Crippen molar-refractivity contribution in [1.29, 1.82) is 0 Å². The van der Waals surface area contributed by atoms with E-state index in [0.717, 1.165) is 3.57 Å². The molecule has 0 aliphatic rings. The van der Waals surface area contributed by atoms with Crippen LogP contribution in [0.15, 0.2) is 24.5 Å². The highest BCUT2D eigenvalue weighted by molar-refractivity contribution is 14.1. The molecule has 0 spiro atoms. The minimum atomic E-state index is -0.556. The van der Waals surface area contributed by atoms with Gasteiger partial charge in [0.05, 0.1) is 5.56 Å². The van der Waals surface area contributed by atoms with Crippen molar-refractivity contribution in [1.82, 2.24) is 9.97 Å². The van der Waals surface area contributed by atoms with Gasteiger partial charge < -0.3 is 5.73 Å². The fourth-order valence-electron chi connectivity index (χ4n) is 1.53. The minimum Gasteiger partial charge on any atom is -0.366 e. The van der Waals surface area contributed by atoms with Gasteiger partial charge in [-0.3, -0.25) is 4.79 Å². The van der Waals surface area contributed by atoms with E-state index in [0.29, 0.717) is 16.7 Å². The highest BCUT2D eigenvalue weighted by atomic mass is 127. The van der Waals surface area contributed by atoms with Crippen LogP contribution >= 0.6 is 45.8 Å². The van der Waals surface area contributed by atoms with E-state index >= 15 is 0 Å². The number of primary amides is 1. The summed E-state index contributed by atoms with van der Waals surface area (Å²) in [5.74, 6) is -0.556. The Balaban J connectivity index is 2.82. The summed E-state index contributed by atoms with van der Waals surface area (Å²) in [7, 11) is 0. The lowest BCUT2D eigenvalue weighted by molar-refractivity contribution is 0.100. The lowest BCUT2D eigenvalue weighted by Gasteiger charge is -2.11. The van der Waals surface area contributed by atoms with Gasteiger partial charge in [-0.05, 0) is 34.7 Å². The van der Waals surface area contributed by atoms with Crippen LogP contribution in [-0.2, 0) is 0 Å². The molecule has 0 saturated carbocycles. The molecular weight excluding hydrogens is 388 g/mol. The van der Waals surface area contributed by atoms with Crippen LogP contribution in [0.3, 0.4) is 0 Å². The first-order chi connectivity index (χ1) is 8.52. The van der Waals surface area contributed by atoms with E-state index in [1.54, 1.807) is 12.1 Å². The van der Waals surface area contributed by atoms with E-state index < -0.39 is 5.91 Å². The maximum Gasteiger partial charge on any atom is 0.249 e. The number of hydrogen-bond donors (Lipinski definition) is 1. The Morgan fingerprint density at radius 2 is 1.78 bits per heavy atom. The van der Waals surface area contributed by atoms with E-state index in [1.807, 2.05) is 6.07 Å². The highest BCUT2D eigenvalue weighted by Gasteiger charge is 2.19. The summed E-state index contributed by atoms with van der Waals surface area (Å²) in [5, 5.41) is 0.364. The number of nitrogens with zero attached hydrogens (tertiary/aromatic N) is 2. The molecule has 2 N–H and O–H groups in total. The molecule has 0 bridgehead atoms. The third-order valence-corrected chi connectivity index (χ3v) is 3.76. The van der Waals surface area contributed by atoms with Gasteiger partial charge in [0.2, 0.25) is 5.91 Å². The van der Waals surface area contributed by atoms with Crippen molar-refractivity contribution in [3.63, 3.8) is 0 Å². The lowest BCUT2D eigenvalue weighted by atomic mass is 10.0. The number of amides is 1. The second-order valence-corrected chi connectivity index (χ2v) is 5.24. The van der Waals surface area contributed by atoms with E-state index in [2.05, 4.69) is 32.6 Å². The van der Waals surface area contributed by atoms with Crippen LogP contribution in [0.2, 0.25) is 10.3 Å². The average Bonchev–Trinajstić information content (AvgIpc) is 2.30. The van der Waals surface area contributed by atoms with Gasteiger partial charge in [-0.25, -0.2) is 9.97 Å². The molecule has 0 unspecified atom stereocenters. The first kappa shape index (κ1) is 13.5. The number of benzene rings is 1. The standard InChI is InChI=1S/C11H6Cl2IN3O/c12-9-8(10(13)17-4-16-9)7-5(11(15)18)2-1-3-6(7)14/h1-4H,(H2,15,18). The third-order valence-electron chi connectivity index (χ3n) is 2.28. The van der Waals surface area contributed by atoms with Crippen LogP contribution in [0.4, 0.5) is 0 Å². The fraction of sp³-hybridized carbons (Fsp3) is 0. The topological polar surface area (TPSA) is 68.9 Å². The maximum atomic E-state index is 11.5. The van der Waals surface area contributed by atoms with Gasteiger partial charge in [0.15, 0.2) is 0 Å². The number of aromatic nitrogens is 2. The number of nitrogens with two attached hydrogens (primary N) is 1. The molecule has 1 aromatic heterocycles. The summed E-state index contributed by atoms with van der Waals surface area (Å²) >= 11 is 14.1. The lowest BCUT2D eigenvalue weighted by Crippen LogP contribution is -2.13. The normalized spacial score (nSPS) is 10.4. The van der Waals surface area contributed by atoms with Crippen LogP contribution in [0.1, 0.15) is 10.4 Å². The Morgan fingerprint density at radius 1 is 1.17 bits per heavy atom. The smallest absolute Gasteiger partial charge is 0.249 e. The number of halogens is 3. The first-order valence-electron chi connectivity index (χ1n) is 4.77. The van der Waals surface area contributed by atoms with Crippen LogP contribution < -0.4 is 5.73 Å². The Hall–Kier alpha value is -0.920. The quantitative estimate of drug-likeness (QED) is 0.629. The van der Waals surface area contributed by atoms with Crippen LogP contribution in [0.5, 0.6) is 0 Å². The van der Waals surface area contributed by atoms with Gasteiger partial charge in [-0.2, -0.15) is 0 Å². The molecule has 0 atom stereocenters. The predicted molar refractivity (Wildman–Crippen MR) is 78.7 cm³/mol. The minimum absolute atomic E-state index is 0.182. The summed E-state index contributed by atoms with van der Waals surface area (Å²) in [6, 6.07) is 5.17. The summed E-state index contributed by atoms with van der Waals surface area (Å²) in [4.78, 5) is 19.2. The second-order valence-electron chi connectivity index (χ2n) is 3.36. The van der Waals surface area contributed by atoms with Crippen molar-refractivity contribution in [2.45, 2.75) is 0 Å². The Bertz CT molecular complexity index is 613. The largest absolute Gasteiger partial charge is 0.366 e. The zero-order valence-corrected chi connectivity index (χ0v) is 12.5. The maximum absolute atomic E-state index is 11.5. The molecule has 0 aliphatic heterocycles. The molecule has 18 heavy (non-hydrogen) atoms. The monoisotopic (exact) mass is 393 g/mol. The molecule has 0 fully saturated rings. The molecule has 0 radical (unpaired) electrons. The molecule has 92 valence electrons. The molecule has 0 saturated heterocycles. The zero-order valence-electron chi connectivity index (χ0n) is 8.82. The molecule has 1 amide bonds. The molecule has 1 heterocycles. The van der Waals surface area contributed by atoms with Crippen molar-refractivity contribution in [2.75, 3.05) is 0 Å². The molecule has 1 aromatic carbocycles. The van der Waals surface area contributed by atoms with Gasteiger partial charge >= 0.3 is 0 Å². The van der Waals surface area contributed by atoms with Gasteiger partial charge in [0.1, 0.15) is 16.6 Å². The van der Waals surface area contributed by atoms with Crippen LogP contribution in [0, 0.1) is 3.57 Å². The van der Waals surface area contributed by atoms with Gasteiger partial charge in [-0.1, -0.05) is 29.3 Å². The summed E-state index contributed by atoms with van der Waals surface area (Å²) < 4.78 is 0.794. The Kier molecular flexibility index (Phi) is 4.04. The Labute approximate surface area is 127 Å². The van der Waals surface area contributed by atoms with Crippen LogP contribution in [-0.4, -0.2) is 15.9 Å². The van der Waals surface area contributed by atoms with Crippen molar-refractivity contribution in [3.05, 3.63) is 44.0 Å². The van der Waals surface area contributed by atoms with E-state index in [9.17, 15) is 4.79 Å². The molecular formula is C11H6Cl2IN3O. The molecule has 4 nitrogen and oxygen atoms in total. The van der Waals surface area contributed by atoms with Crippen molar-refractivity contribution >= 4 is 51.7 Å². The van der Waals surface area contributed by atoms with Gasteiger partial charge in [0, 0.05) is 14.7 Å². The number of rotatable bonds is 2. The van der Waals surface area contributed by atoms with Crippen molar-refractivity contribution < 1.29 is 4.79 Å². The van der Waals surface area contributed by atoms with Crippen molar-refractivity contribution in [2.24, 2.45) is 5.73 Å². The molecule has 2 aromatic rings. The van der Waals surface area contributed by atoms with E-state index in [4.69, 9.17) is 28.9 Å². The third kappa shape index (κ3) is 2.43. The van der Waals surface area contributed by atoms with Gasteiger partial charge in [-0.15, -0.1) is 0 Å². The summed E-state index contributed by atoms with van der Waals surface area (Å²) in [6.07, 6.45) is 1.26. The van der Waals surface area contributed by atoms with Gasteiger partial charge in [0.25, 0.3) is 0 Å². The number of carbonyl (C=O) groups excluding carboxylic acids is 1. The molecule has 7 heteroatoms. The Morgan fingerprint density at radius 3 is 2.33 bits per heavy atom. The SMILES string of the molecule is NC(=O)c1cccc(I)c1-c1c(Cl)ncnc1Cl. The van der Waals surface area contributed by atoms with E-state index in [1.165, 1.54) is 6.33 Å². The molecule has 0 aliphatic carbocycles. The second kappa shape index (κ2) is 5.38. The van der Waals surface area contributed by atoms with E-state index in [-0.39, 0.29) is 10.3 Å². The van der Waals surface area contributed by atoms with Crippen LogP contribution in [0.25, 0.3) is 11.1 Å². The molecule has 2 rings (SSSR count). The fourth-order valence-corrected chi connectivity index (χ4v) is 2.81. The highest BCUT2D eigenvalue weighted by Crippen LogP contribution is 2.36. The predicted octanol–water partition coefficient (Wildman–Crippen LogP) is 3.15. The summed E-state index contributed by atoms with van der Waals surface area (Å²) in [6.45, 7) is 0.